The first-order valence-electron chi connectivity index (χ1n) is 8.93. The van der Waals surface area contributed by atoms with Gasteiger partial charge < -0.3 is 19.9 Å². The van der Waals surface area contributed by atoms with E-state index in [4.69, 9.17) is 4.74 Å². The number of hydrogen-bond acceptors (Lipinski definition) is 5. The van der Waals surface area contributed by atoms with Crippen LogP contribution in [0.3, 0.4) is 0 Å². The van der Waals surface area contributed by atoms with E-state index in [-0.39, 0.29) is 11.6 Å². The van der Waals surface area contributed by atoms with E-state index in [2.05, 4.69) is 15.3 Å². The maximum absolute atomic E-state index is 12.3. The highest BCUT2D eigenvalue weighted by Gasteiger charge is 2.49. The Labute approximate surface area is 142 Å². The third-order valence-corrected chi connectivity index (χ3v) is 5.35. The molecule has 1 atom stereocenters. The van der Waals surface area contributed by atoms with Crippen LogP contribution in [0, 0.1) is 5.92 Å². The lowest BCUT2D eigenvalue weighted by Gasteiger charge is -2.53. The number of anilines is 1. The first-order chi connectivity index (χ1) is 11.7. The summed E-state index contributed by atoms with van der Waals surface area (Å²) in [6.07, 6.45) is 7.90. The van der Waals surface area contributed by atoms with Crippen molar-refractivity contribution in [3.05, 3.63) is 18.5 Å². The van der Waals surface area contributed by atoms with Crippen molar-refractivity contribution in [2.24, 2.45) is 5.92 Å². The number of likely N-dealkylation sites (tertiary alicyclic amines) is 2. The Morgan fingerprint density at radius 2 is 2.00 bits per heavy atom. The average Bonchev–Trinajstić information content (AvgIpc) is 3.13. The average molecular weight is 331 g/mol. The highest BCUT2D eigenvalue weighted by Crippen LogP contribution is 2.36. The Bertz CT molecular complexity index is 560. The van der Waals surface area contributed by atoms with Crippen LogP contribution in [-0.2, 0) is 4.74 Å². The Morgan fingerprint density at radius 3 is 2.67 bits per heavy atom. The van der Waals surface area contributed by atoms with Crippen LogP contribution in [0.1, 0.15) is 25.7 Å². The van der Waals surface area contributed by atoms with Crippen molar-refractivity contribution < 1.29 is 9.53 Å². The van der Waals surface area contributed by atoms with Crippen molar-refractivity contribution in [3.8, 4) is 0 Å². The molecule has 1 aromatic heterocycles. The Kier molecular flexibility index (Phi) is 4.26. The SMILES string of the molecule is O=C(N1CCCC1)N1CC2(CC[C@H](CNc3ncccn3)CO2)C1. The number of amides is 2. The molecule has 0 unspecified atom stereocenters. The van der Waals surface area contributed by atoms with Gasteiger partial charge in [0.05, 0.1) is 19.7 Å². The van der Waals surface area contributed by atoms with Crippen molar-refractivity contribution in [2.45, 2.75) is 31.3 Å². The van der Waals surface area contributed by atoms with E-state index in [9.17, 15) is 4.79 Å². The van der Waals surface area contributed by atoms with Gasteiger partial charge in [0.1, 0.15) is 5.60 Å². The van der Waals surface area contributed by atoms with E-state index in [0.29, 0.717) is 11.9 Å². The molecule has 1 N–H and O–H groups in total. The molecule has 4 rings (SSSR count). The van der Waals surface area contributed by atoms with Crippen molar-refractivity contribution in [3.63, 3.8) is 0 Å². The van der Waals surface area contributed by atoms with Gasteiger partial charge in [-0.3, -0.25) is 0 Å². The summed E-state index contributed by atoms with van der Waals surface area (Å²) >= 11 is 0. The minimum Gasteiger partial charge on any atom is -0.371 e. The molecule has 24 heavy (non-hydrogen) atoms. The van der Waals surface area contributed by atoms with E-state index < -0.39 is 0 Å². The Hall–Kier alpha value is -1.89. The largest absolute Gasteiger partial charge is 0.371 e. The highest BCUT2D eigenvalue weighted by molar-refractivity contribution is 5.76. The predicted molar refractivity (Wildman–Crippen MR) is 89.7 cm³/mol. The smallest absolute Gasteiger partial charge is 0.320 e. The van der Waals surface area contributed by atoms with Gasteiger partial charge in [-0.25, -0.2) is 14.8 Å². The van der Waals surface area contributed by atoms with Gasteiger partial charge in [0.15, 0.2) is 0 Å². The molecule has 130 valence electrons. The highest BCUT2D eigenvalue weighted by atomic mass is 16.5. The van der Waals surface area contributed by atoms with Crippen molar-refractivity contribution in [2.75, 3.05) is 44.6 Å². The maximum Gasteiger partial charge on any atom is 0.320 e. The molecule has 0 radical (unpaired) electrons. The second-order valence-corrected chi connectivity index (χ2v) is 7.18. The van der Waals surface area contributed by atoms with Gasteiger partial charge in [-0.05, 0) is 37.7 Å². The number of urea groups is 1. The molecule has 7 heteroatoms. The monoisotopic (exact) mass is 331 g/mol. The third-order valence-electron chi connectivity index (χ3n) is 5.35. The summed E-state index contributed by atoms with van der Waals surface area (Å²) in [6.45, 7) is 4.91. The zero-order chi connectivity index (χ0) is 16.4. The lowest BCUT2D eigenvalue weighted by atomic mass is 9.83. The second-order valence-electron chi connectivity index (χ2n) is 7.18. The lowest BCUT2D eigenvalue weighted by Crippen LogP contribution is -2.68. The number of nitrogens with zero attached hydrogens (tertiary/aromatic N) is 4. The van der Waals surface area contributed by atoms with Crippen LogP contribution in [0.15, 0.2) is 18.5 Å². The van der Waals surface area contributed by atoms with Gasteiger partial charge in [-0.2, -0.15) is 0 Å². The molecule has 0 aromatic carbocycles. The fourth-order valence-corrected chi connectivity index (χ4v) is 3.85. The number of ether oxygens (including phenoxy) is 1. The number of hydrogen-bond donors (Lipinski definition) is 1. The van der Waals surface area contributed by atoms with Crippen molar-refractivity contribution in [1.82, 2.24) is 19.8 Å². The molecule has 2 amide bonds. The fourth-order valence-electron chi connectivity index (χ4n) is 3.85. The van der Waals surface area contributed by atoms with Crippen LogP contribution in [0.2, 0.25) is 0 Å². The zero-order valence-corrected chi connectivity index (χ0v) is 14.0. The molecule has 0 aliphatic carbocycles. The quantitative estimate of drug-likeness (QED) is 0.911. The van der Waals surface area contributed by atoms with E-state index in [1.165, 1.54) is 0 Å². The van der Waals surface area contributed by atoms with Crippen LogP contribution in [0.25, 0.3) is 0 Å². The number of rotatable bonds is 3. The zero-order valence-electron chi connectivity index (χ0n) is 14.0. The topological polar surface area (TPSA) is 70.6 Å². The molecule has 3 fully saturated rings. The van der Waals surface area contributed by atoms with Crippen LogP contribution in [0.5, 0.6) is 0 Å². The minimum absolute atomic E-state index is 0.0882. The standard InChI is InChI=1S/C17H25N5O2/c23-16(21-8-1-2-9-21)22-12-17(13-22)5-4-14(11-24-17)10-20-15-18-6-3-7-19-15/h3,6-7,14H,1-2,4-5,8-13H2,(H,18,19,20)/t14-/m1/s1. The summed E-state index contributed by atoms with van der Waals surface area (Å²) < 4.78 is 6.15. The summed E-state index contributed by atoms with van der Waals surface area (Å²) in [5.74, 6) is 1.14. The molecule has 4 heterocycles. The molecule has 0 saturated carbocycles. The number of nitrogens with one attached hydrogen (secondary N) is 1. The fraction of sp³-hybridized carbons (Fsp3) is 0.706. The van der Waals surface area contributed by atoms with Gasteiger partial charge in [-0.1, -0.05) is 0 Å². The normalized spacial score (nSPS) is 25.6. The van der Waals surface area contributed by atoms with Crippen molar-refractivity contribution in [1.29, 1.82) is 0 Å². The molecule has 7 nitrogen and oxygen atoms in total. The van der Waals surface area contributed by atoms with Gasteiger partial charge >= 0.3 is 6.03 Å². The molecule has 1 spiro atoms. The van der Waals surface area contributed by atoms with Crippen molar-refractivity contribution >= 4 is 12.0 Å². The summed E-state index contributed by atoms with van der Waals surface area (Å²) in [7, 11) is 0. The second kappa shape index (κ2) is 6.55. The first-order valence-corrected chi connectivity index (χ1v) is 8.93. The van der Waals surface area contributed by atoms with Gasteiger partial charge in [0, 0.05) is 32.0 Å². The summed E-state index contributed by atoms with van der Waals surface area (Å²) in [5.41, 5.74) is -0.0882. The lowest BCUT2D eigenvalue weighted by molar-refractivity contribution is -0.166. The van der Waals surface area contributed by atoms with Gasteiger partial charge in [0.2, 0.25) is 5.95 Å². The Morgan fingerprint density at radius 1 is 1.25 bits per heavy atom. The predicted octanol–water partition coefficient (Wildman–Crippen LogP) is 1.59. The van der Waals surface area contributed by atoms with Crippen LogP contribution >= 0.6 is 0 Å². The summed E-state index contributed by atoms with van der Waals surface area (Å²) in [5, 5.41) is 3.27. The van der Waals surface area contributed by atoms with E-state index in [1.807, 2.05) is 15.9 Å². The minimum atomic E-state index is -0.0882. The summed E-state index contributed by atoms with van der Waals surface area (Å²) in [4.78, 5) is 24.6. The van der Waals surface area contributed by atoms with Gasteiger partial charge in [0.25, 0.3) is 0 Å². The molecule has 0 bridgehead atoms. The van der Waals surface area contributed by atoms with Gasteiger partial charge in [-0.15, -0.1) is 0 Å². The number of aromatic nitrogens is 2. The number of carbonyl (C=O) groups is 1. The van der Waals surface area contributed by atoms with Crippen LogP contribution in [-0.4, -0.2) is 70.7 Å². The molecule has 3 aliphatic rings. The maximum atomic E-state index is 12.3. The molecular weight excluding hydrogens is 306 g/mol. The summed E-state index contributed by atoms with van der Waals surface area (Å²) in [6, 6.07) is 2.01. The molecular formula is C17H25N5O2. The molecule has 3 saturated heterocycles. The third kappa shape index (κ3) is 3.17. The van der Waals surface area contributed by atoms with E-state index in [1.54, 1.807) is 12.4 Å². The Balaban J connectivity index is 1.20. The number of carbonyl (C=O) groups excluding carboxylic acids is 1. The van der Waals surface area contributed by atoms with Crippen LogP contribution < -0.4 is 5.32 Å². The van der Waals surface area contributed by atoms with E-state index >= 15 is 0 Å². The molecule has 1 aromatic rings. The molecule has 3 aliphatic heterocycles. The van der Waals surface area contributed by atoms with E-state index in [0.717, 1.165) is 65.0 Å². The van der Waals surface area contributed by atoms with Crippen LogP contribution in [0.4, 0.5) is 10.7 Å². The first kappa shape index (κ1) is 15.6.